The van der Waals surface area contributed by atoms with Gasteiger partial charge in [-0.2, -0.15) is 0 Å². The standard InChI is InChI=1S/C12H14F2O3/c1-12(2,6-15)7-4-8(11(16)17-3)10(14)9(13)5-7/h4-5,15H,6H2,1-3H3. The molecule has 0 aliphatic rings. The molecule has 0 radical (unpaired) electrons. The zero-order valence-corrected chi connectivity index (χ0v) is 9.88. The number of hydrogen-bond donors (Lipinski definition) is 1. The van der Waals surface area contributed by atoms with Crippen LogP contribution in [0.2, 0.25) is 0 Å². The number of hydrogen-bond acceptors (Lipinski definition) is 3. The molecule has 1 aromatic carbocycles. The molecule has 17 heavy (non-hydrogen) atoms. The van der Waals surface area contributed by atoms with Gasteiger partial charge in [0, 0.05) is 5.41 Å². The number of esters is 1. The molecule has 5 heteroatoms. The van der Waals surface area contributed by atoms with Gasteiger partial charge in [-0.25, -0.2) is 13.6 Å². The zero-order valence-electron chi connectivity index (χ0n) is 9.88. The SMILES string of the molecule is COC(=O)c1cc(C(C)(C)CO)cc(F)c1F. The van der Waals surface area contributed by atoms with Crippen LogP contribution in [0.15, 0.2) is 12.1 Å². The van der Waals surface area contributed by atoms with Gasteiger partial charge in [0.25, 0.3) is 0 Å². The van der Waals surface area contributed by atoms with Crippen molar-refractivity contribution < 1.29 is 23.4 Å². The maximum absolute atomic E-state index is 13.4. The summed E-state index contributed by atoms with van der Waals surface area (Å²) in [5.41, 5.74) is -0.902. The average Bonchev–Trinajstić information content (AvgIpc) is 2.31. The van der Waals surface area contributed by atoms with E-state index in [-0.39, 0.29) is 6.61 Å². The normalized spacial score (nSPS) is 11.4. The second kappa shape index (κ2) is 4.79. The molecule has 0 heterocycles. The number of rotatable bonds is 3. The van der Waals surface area contributed by atoms with E-state index in [9.17, 15) is 13.6 Å². The molecule has 1 N–H and O–H groups in total. The predicted octanol–water partition coefficient (Wildman–Crippen LogP) is 2.02. The fourth-order valence-electron chi connectivity index (χ4n) is 1.33. The highest BCUT2D eigenvalue weighted by atomic mass is 19.2. The zero-order chi connectivity index (χ0) is 13.2. The number of benzene rings is 1. The van der Waals surface area contributed by atoms with E-state index < -0.39 is 28.6 Å². The highest BCUT2D eigenvalue weighted by Crippen LogP contribution is 2.26. The lowest BCUT2D eigenvalue weighted by molar-refractivity contribution is 0.0594. The maximum Gasteiger partial charge on any atom is 0.340 e. The van der Waals surface area contributed by atoms with E-state index in [0.717, 1.165) is 13.2 Å². The summed E-state index contributed by atoms with van der Waals surface area (Å²) in [6.45, 7) is 3.06. The van der Waals surface area contributed by atoms with Crippen LogP contribution < -0.4 is 0 Å². The first-order chi connectivity index (χ1) is 7.83. The van der Waals surface area contributed by atoms with Crippen LogP contribution in [-0.2, 0) is 10.2 Å². The molecule has 0 bridgehead atoms. The number of carbonyl (C=O) groups excluding carboxylic acids is 1. The molecule has 0 amide bonds. The highest BCUT2D eigenvalue weighted by Gasteiger charge is 2.25. The molecule has 0 unspecified atom stereocenters. The number of aliphatic hydroxyl groups is 1. The third-order valence-corrected chi connectivity index (χ3v) is 2.61. The number of carbonyl (C=O) groups is 1. The topological polar surface area (TPSA) is 46.5 Å². The van der Waals surface area contributed by atoms with Gasteiger partial charge in [-0.05, 0) is 17.7 Å². The summed E-state index contributed by atoms with van der Waals surface area (Å²) in [5.74, 6) is -3.32. The highest BCUT2D eigenvalue weighted by molar-refractivity contribution is 5.89. The minimum absolute atomic E-state index is 0.251. The van der Waals surface area contributed by atoms with Crippen LogP contribution in [0, 0.1) is 11.6 Å². The molecule has 1 rings (SSSR count). The fourth-order valence-corrected chi connectivity index (χ4v) is 1.33. The molecule has 0 aromatic heterocycles. The molecule has 0 fully saturated rings. The second-order valence-corrected chi connectivity index (χ2v) is 4.35. The van der Waals surface area contributed by atoms with Crippen LogP contribution in [0.1, 0.15) is 29.8 Å². The van der Waals surface area contributed by atoms with Crippen molar-refractivity contribution in [1.82, 2.24) is 0 Å². The third-order valence-electron chi connectivity index (χ3n) is 2.61. The van der Waals surface area contributed by atoms with Gasteiger partial charge < -0.3 is 9.84 Å². The maximum atomic E-state index is 13.4. The number of aliphatic hydroxyl groups excluding tert-OH is 1. The molecular formula is C12H14F2O3. The van der Waals surface area contributed by atoms with E-state index in [4.69, 9.17) is 5.11 Å². The first kappa shape index (κ1) is 13.6. The van der Waals surface area contributed by atoms with Crippen molar-refractivity contribution in [3.05, 3.63) is 34.9 Å². The Balaban J connectivity index is 3.38. The molecule has 94 valence electrons. The summed E-state index contributed by atoms with van der Waals surface area (Å²) in [7, 11) is 1.09. The van der Waals surface area contributed by atoms with Crippen LogP contribution in [0.4, 0.5) is 8.78 Å². The van der Waals surface area contributed by atoms with E-state index in [2.05, 4.69) is 4.74 Å². The quantitative estimate of drug-likeness (QED) is 0.827. The lowest BCUT2D eigenvalue weighted by atomic mass is 9.84. The van der Waals surface area contributed by atoms with Gasteiger partial charge in [0.1, 0.15) is 0 Å². The summed E-state index contributed by atoms with van der Waals surface area (Å²) in [6, 6.07) is 2.17. The summed E-state index contributed by atoms with van der Waals surface area (Å²) >= 11 is 0. The van der Waals surface area contributed by atoms with Crippen LogP contribution in [0.25, 0.3) is 0 Å². The Kier molecular flexibility index (Phi) is 3.83. The molecule has 0 atom stereocenters. The summed E-state index contributed by atoms with van der Waals surface area (Å²) in [5, 5.41) is 9.16. The molecule has 0 spiro atoms. The van der Waals surface area contributed by atoms with Crippen molar-refractivity contribution in [1.29, 1.82) is 0 Å². The summed E-state index contributed by atoms with van der Waals surface area (Å²) in [6.07, 6.45) is 0. The fraction of sp³-hybridized carbons (Fsp3) is 0.417. The van der Waals surface area contributed by atoms with Gasteiger partial charge in [0.2, 0.25) is 0 Å². The van der Waals surface area contributed by atoms with Gasteiger partial charge in [-0.3, -0.25) is 0 Å². The van der Waals surface area contributed by atoms with Crippen molar-refractivity contribution >= 4 is 5.97 Å². The van der Waals surface area contributed by atoms with Crippen molar-refractivity contribution in [2.45, 2.75) is 19.3 Å². The number of halogens is 2. The van der Waals surface area contributed by atoms with E-state index in [1.54, 1.807) is 13.8 Å². The first-order valence-electron chi connectivity index (χ1n) is 5.02. The Labute approximate surface area is 98.0 Å². The van der Waals surface area contributed by atoms with Crippen molar-refractivity contribution in [3.63, 3.8) is 0 Å². The lowest BCUT2D eigenvalue weighted by Gasteiger charge is -2.23. The third kappa shape index (κ3) is 2.61. The molecule has 1 aromatic rings. The minimum Gasteiger partial charge on any atom is -0.465 e. The Morgan fingerprint density at radius 3 is 2.47 bits per heavy atom. The smallest absolute Gasteiger partial charge is 0.340 e. The second-order valence-electron chi connectivity index (χ2n) is 4.35. The van der Waals surface area contributed by atoms with E-state index >= 15 is 0 Å². The van der Waals surface area contributed by atoms with Gasteiger partial charge >= 0.3 is 5.97 Å². The molecular weight excluding hydrogens is 230 g/mol. The number of methoxy groups -OCH3 is 1. The Morgan fingerprint density at radius 2 is 2.00 bits per heavy atom. The molecule has 0 saturated carbocycles. The van der Waals surface area contributed by atoms with E-state index in [1.807, 2.05) is 0 Å². The van der Waals surface area contributed by atoms with Gasteiger partial charge in [0.05, 0.1) is 19.3 Å². The van der Waals surface area contributed by atoms with E-state index in [0.29, 0.717) is 5.56 Å². The van der Waals surface area contributed by atoms with Gasteiger partial charge in [0.15, 0.2) is 11.6 Å². The van der Waals surface area contributed by atoms with E-state index in [1.165, 1.54) is 6.07 Å². The summed E-state index contributed by atoms with van der Waals surface area (Å²) < 4.78 is 31.1. The van der Waals surface area contributed by atoms with Crippen LogP contribution in [-0.4, -0.2) is 24.8 Å². The Morgan fingerprint density at radius 1 is 1.41 bits per heavy atom. The van der Waals surface area contributed by atoms with Gasteiger partial charge in [-0.1, -0.05) is 13.8 Å². The Bertz CT molecular complexity index is 442. The predicted molar refractivity (Wildman–Crippen MR) is 57.8 cm³/mol. The molecule has 3 nitrogen and oxygen atoms in total. The van der Waals surface area contributed by atoms with Crippen LogP contribution >= 0.6 is 0 Å². The molecule has 0 aliphatic carbocycles. The van der Waals surface area contributed by atoms with Gasteiger partial charge in [-0.15, -0.1) is 0 Å². The minimum atomic E-state index is -1.24. The number of ether oxygens (including phenoxy) is 1. The first-order valence-corrected chi connectivity index (χ1v) is 5.02. The summed E-state index contributed by atoms with van der Waals surface area (Å²) in [4.78, 5) is 11.3. The monoisotopic (exact) mass is 244 g/mol. The average molecular weight is 244 g/mol. The van der Waals surface area contributed by atoms with Crippen molar-refractivity contribution in [2.24, 2.45) is 0 Å². The van der Waals surface area contributed by atoms with Crippen LogP contribution in [0.3, 0.4) is 0 Å². The molecule has 0 saturated heterocycles. The van der Waals surface area contributed by atoms with Crippen molar-refractivity contribution in [2.75, 3.05) is 13.7 Å². The van der Waals surface area contributed by atoms with Crippen LogP contribution in [0.5, 0.6) is 0 Å². The molecule has 0 aliphatic heterocycles. The Hall–Kier alpha value is -1.49. The lowest BCUT2D eigenvalue weighted by Crippen LogP contribution is -2.23. The largest absolute Gasteiger partial charge is 0.465 e. The van der Waals surface area contributed by atoms with Crippen molar-refractivity contribution in [3.8, 4) is 0 Å².